The summed E-state index contributed by atoms with van der Waals surface area (Å²) >= 11 is 0. The molecular formula is C14H21FN2O4S. The molecule has 8 heteroatoms. The van der Waals surface area contributed by atoms with Gasteiger partial charge in [0.05, 0.1) is 6.26 Å². The van der Waals surface area contributed by atoms with Gasteiger partial charge in [0, 0.05) is 38.9 Å². The Bertz CT molecular complexity index is 575. The maximum Gasteiger partial charge on any atom is 0.225 e. The van der Waals surface area contributed by atoms with Crippen molar-refractivity contribution in [1.82, 2.24) is 4.31 Å². The Morgan fingerprint density at radius 3 is 2.45 bits per heavy atom. The molecule has 0 fully saturated rings. The fourth-order valence-corrected chi connectivity index (χ4v) is 2.70. The Kier molecular flexibility index (Phi) is 7.43. The minimum Gasteiger partial charge on any atom is -0.385 e. The van der Waals surface area contributed by atoms with Crippen LogP contribution in [0.1, 0.15) is 12.8 Å². The van der Waals surface area contributed by atoms with Crippen molar-refractivity contribution in [3.05, 3.63) is 30.1 Å². The average molecular weight is 332 g/mol. The van der Waals surface area contributed by atoms with E-state index in [0.717, 1.165) is 6.26 Å². The number of nitrogens with one attached hydrogen (secondary N) is 1. The summed E-state index contributed by atoms with van der Waals surface area (Å²) in [5.74, 6) is -0.716. The van der Waals surface area contributed by atoms with Crippen LogP contribution in [0.25, 0.3) is 0 Å². The van der Waals surface area contributed by atoms with Gasteiger partial charge in [0.2, 0.25) is 15.9 Å². The first-order valence-corrected chi connectivity index (χ1v) is 8.67. The van der Waals surface area contributed by atoms with Crippen molar-refractivity contribution in [1.29, 1.82) is 0 Å². The lowest BCUT2D eigenvalue weighted by atomic mass is 10.3. The second kappa shape index (κ2) is 8.82. The number of nitrogens with zero attached hydrogens (tertiary/aromatic N) is 1. The first kappa shape index (κ1) is 18.5. The number of hydrogen-bond donors (Lipinski definition) is 1. The smallest absolute Gasteiger partial charge is 0.225 e. The first-order chi connectivity index (χ1) is 10.3. The molecule has 0 aliphatic rings. The van der Waals surface area contributed by atoms with Crippen molar-refractivity contribution in [3.63, 3.8) is 0 Å². The number of halogens is 1. The van der Waals surface area contributed by atoms with E-state index in [1.165, 1.54) is 28.6 Å². The molecule has 22 heavy (non-hydrogen) atoms. The lowest BCUT2D eigenvalue weighted by Crippen LogP contribution is -2.34. The predicted molar refractivity (Wildman–Crippen MR) is 82.6 cm³/mol. The van der Waals surface area contributed by atoms with Gasteiger partial charge < -0.3 is 10.1 Å². The third-order valence-corrected chi connectivity index (χ3v) is 4.24. The normalized spacial score (nSPS) is 11.6. The molecule has 0 saturated heterocycles. The standard InChI is InChI=1S/C14H21FN2O4S/c1-21-11-3-9-17(22(2,19)20)10-8-14(18)16-13-6-4-12(15)5-7-13/h4-7H,3,8-11H2,1-2H3,(H,16,18). The summed E-state index contributed by atoms with van der Waals surface area (Å²) in [6, 6.07) is 5.37. The number of rotatable bonds is 9. The first-order valence-electron chi connectivity index (χ1n) is 6.82. The van der Waals surface area contributed by atoms with Crippen LogP contribution in [0.3, 0.4) is 0 Å². The van der Waals surface area contributed by atoms with E-state index in [0.29, 0.717) is 25.3 Å². The minimum absolute atomic E-state index is 0.0252. The average Bonchev–Trinajstić information content (AvgIpc) is 2.44. The molecule has 0 spiro atoms. The lowest BCUT2D eigenvalue weighted by molar-refractivity contribution is -0.116. The maximum atomic E-state index is 12.8. The monoisotopic (exact) mass is 332 g/mol. The van der Waals surface area contributed by atoms with Crippen LogP contribution in [0.4, 0.5) is 10.1 Å². The minimum atomic E-state index is -3.37. The molecule has 1 rings (SSSR count). The van der Waals surface area contributed by atoms with Gasteiger partial charge in [0.15, 0.2) is 0 Å². The summed E-state index contributed by atoms with van der Waals surface area (Å²) in [7, 11) is -1.83. The molecule has 0 aliphatic carbocycles. The summed E-state index contributed by atoms with van der Waals surface area (Å²) in [5, 5.41) is 2.59. The summed E-state index contributed by atoms with van der Waals surface area (Å²) in [6.45, 7) is 0.847. The van der Waals surface area contributed by atoms with Gasteiger partial charge in [-0.15, -0.1) is 0 Å². The quantitative estimate of drug-likeness (QED) is 0.695. The molecule has 0 bridgehead atoms. The molecule has 0 heterocycles. The highest BCUT2D eigenvalue weighted by atomic mass is 32.2. The third-order valence-electron chi connectivity index (χ3n) is 2.94. The molecule has 0 saturated carbocycles. The summed E-state index contributed by atoms with van der Waals surface area (Å²) in [6.07, 6.45) is 1.69. The zero-order valence-electron chi connectivity index (χ0n) is 12.7. The van der Waals surface area contributed by atoms with Gasteiger partial charge in [-0.25, -0.2) is 17.1 Å². The zero-order chi connectivity index (χ0) is 16.6. The molecule has 6 nitrogen and oxygen atoms in total. The van der Waals surface area contributed by atoms with Gasteiger partial charge in [-0.1, -0.05) is 0 Å². The van der Waals surface area contributed by atoms with Gasteiger partial charge in [-0.3, -0.25) is 4.79 Å². The second-order valence-electron chi connectivity index (χ2n) is 4.81. The Balaban J connectivity index is 2.49. The molecule has 0 radical (unpaired) electrons. The van der Waals surface area contributed by atoms with E-state index in [1.807, 2.05) is 0 Å². The van der Waals surface area contributed by atoms with Crippen LogP contribution in [0.2, 0.25) is 0 Å². The fraction of sp³-hybridized carbons (Fsp3) is 0.500. The fourth-order valence-electron chi connectivity index (χ4n) is 1.81. The molecule has 124 valence electrons. The van der Waals surface area contributed by atoms with E-state index in [1.54, 1.807) is 7.11 Å². The number of ether oxygens (including phenoxy) is 1. The highest BCUT2D eigenvalue weighted by molar-refractivity contribution is 7.88. The molecule has 1 aromatic rings. The van der Waals surface area contributed by atoms with Crippen LogP contribution in [0.5, 0.6) is 0 Å². The number of anilines is 1. The van der Waals surface area contributed by atoms with Crippen molar-refractivity contribution in [2.24, 2.45) is 0 Å². The Hall–Kier alpha value is -1.51. The highest BCUT2D eigenvalue weighted by Gasteiger charge is 2.17. The van der Waals surface area contributed by atoms with Crippen LogP contribution in [-0.4, -0.2) is 51.7 Å². The molecule has 1 aromatic carbocycles. The SMILES string of the molecule is COCCCN(CCC(=O)Nc1ccc(F)cc1)S(C)(=O)=O. The van der Waals surface area contributed by atoms with Crippen LogP contribution in [-0.2, 0) is 19.6 Å². The molecule has 0 aromatic heterocycles. The third kappa shape index (κ3) is 6.97. The van der Waals surface area contributed by atoms with Crippen LogP contribution in [0.15, 0.2) is 24.3 Å². The van der Waals surface area contributed by atoms with E-state index >= 15 is 0 Å². The predicted octanol–water partition coefficient (Wildman–Crippen LogP) is 1.45. The van der Waals surface area contributed by atoms with Crippen molar-refractivity contribution in [2.45, 2.75) is 12.8 Å². The van der Waals surface area contributed by atoms with Crippen molar-refractivity contribution in [3.8, 4) is 0 Å². The molecule has 1 amide bonds. The summed E-state index contributed by atoms with van der Waals surface area (Å²) in [5.41, 5.74) is 0.469. The van der Waals surface area contributed by atoms with Crippen LogP contribution >= 0.6 is 0 Å². The van der Waals surface area contributed by atoms with E-state index in [4.69, 9.17) is 4.74 Å². The molecule has 1 N–H and O–H groups in total. The summed E-state index contributed by atoms with van der Waals surface area (Å²) in [4.78, 5) is 11.8. The van der Waals surface area contributed by atoms with Gasteiger partial charge in [-0.2, -0.15) is 0 Å². The van der Waals surface area contributed by atoms with Crippen molar-refractivity contribution >= 4 is 21.6 Å². The maximum absolute atomic E-state index is 12.8. The van der Waals surface area contributed by atoms with E-state index < -0.39 is 10.0 Å². The van der Waals surface area contributed by atoms with Gasteiger partial charge in [-0.05, 0) is 30.7 Å². The Morgan fingerprint density at radius 2 is 1.91 bits per heavy atom. The Morgan fingerprint density at radius 1 is 1.27 bits per heavy atom. The molecular weight excluding hydrogens is 311 g/mol. The number of carbonyl (C=O) groups is 1. The highest BCUT2D eigenvalue weighted by Crippen LogP contribution is 2.09. The van der Waals surface area contributed by atoms with Gasteiger partial charge in [0.1, 0.15) is 5.82 Å². The van der Waals surface area contributed by atoms with E-state index in [-0.39, 0.29) is 24.7 Å². The largest absolute Gasteiger partial charge is 0.385 e. The number of hydrogen-bond acceptors (Lipinski definition) is 4. The zero-order valence-corrected chi connectivity index (χ0v) is 13.5. The van der Waals surface area contributed by atoms with Crippen LogP contribution < -0.4 is 5.32 Å². The van der Waals surface area contributed by atoms with E-state index in [2.05, 4.69) is 5.32 Å². The number of methoxy groups -OCH3 is 1. The van der Waals surface area contributed by atoms with Crippen molar-refractivity contribution < 1.29 is 22.3 Å². The lowest BCUT2D eigenvalue weighted by Gasteiger charge is -2.19. The van der Waals surface area contributed by atoms with Gasteiger partial charge in [0.25, 0.3) is 0 Å². The Labute approximate surface area is 130 Å². The number of amides is 1. The second-order valence-corrected chi connectivity index (χ2v) is 6.80. The number of sulfonamides is 1. The van der Waals surface area contributed by atoms with Crippen LogP contribution in [0, 0.1) is 5.82 Å². The molecule has 0 aliphatic heterocycles. The molecule has 0 unspecified atom stereocenters. The van der Waals surface area contributed by atoms with E-state index in [9.17, 15) is 17.6 Å². The van der Waals surface area contributed by atoms with Gasteiger partial charge >= 0.3 is 0 Å². The molecule has 0 atom stereocenters. The van der Waals surface area contributed by atoms with Crippen molar-refractivity contribution in [2.75, 3.05) is 38.4 Å². The topological polar surface area (TPSA) is 75.7 Å². The number of benzene rings is 1. The summed E-state index contributed by atoms with van der Waals surface area (Å²) < 4.78 is 42.2. The number of carbonyl (C=O) groups excluding carboxylic acids is 1.